The van der Waals surface area contributed by atoms with Gasteiger partial charge in [-0.15, -0.1) is 0 Å². The summed E-state index contributed by atoms with van der Waals surface area (Å²) in [4.78, 5) is 16.3. The summed E-state index contributed by atoms with van der Waals surface area (Å²) in [6.07, 6.45) is -1.34. The van der Waals surface area contributed by atoms with Gasteiger partial charge in [0, 0.05) is 29.2 Å². The number of rotatable bonds is 3. The van der Waals surface area contributed by atoms with E-state index in [1.807, 2.05) is 65.4 Å². The lowest BCUT2D eigenvalue weighted by atomic mass is 10.1. The van der Waals surface area contributed by atoms with Crippen LogP contribution in [0.1, 0.15) is 11.1 Å². The Labute approximate surface area is 184 Å². The van der Waals surface area contributed by atoms with E-state index in [2.05, 4.69) is 10.1 Å². The van der Waals surface area contributed by atoms with E-state index in [-0.39, 0.29) is 22.5 Å². The third kappa shape index (κ3) is 3.52. The van der Waals surface area contributed by atoms with E-state index in [1.165, 1.54) is 6.08 Å². The molecule has 0 saturated heterocycles. The smallest absolute Gasteiger partial charge is 0.342 e. The van der Waals surface area contributed by atoms with E-state index in [1.54, 1.807) is 0 Å². The van der Waals surface area contributed by atoms with Gasteiger partial charge in [0.1, 0.15) is 0 Å². The Morgan fingerprint density at radius 3 is 2.53 bits per heavy atom. The minimum absolute atomic E-state index is 0.121. The van der Waals surface area contributed by atoms with Crippen molar-refractivity contribution in [3.8, 4) is 0 Å². The molecule has 160 valence electrons. The number of aromatic nitrogens is 1. The van der Waals surface area contributed by atoms with E-state index in [0.717, 1.165) is 21.5 Å². The molecule has 6 nitrogen and oxygen atoms in total. The molecule has 3 heterocycles. The van der Waals surface area contributed by atoms with Gasteiger partial charge in [-0.25, -0.2) is 0 Å². The summed E-state index contributed by atoms with van der Waals surface area (Å²) < 4.78 is 41.1. The van der Waals surface area contributed by atoms with Gasteiger partial charge < -0.3 is 4.57 Å². The molecule has 32 heavy (non-hydrogen) atoms. The summed E-state index contributed by atoms with van der Waals surface area (Å²) in [5, 5.41) is 11.9. The standard InChI is InChI=1S/C22H14F3N5OS/c23-22(24,25)20-28-30-18(26)16(19(31)27-21(30)32-20)10-14-12-29(11-13-6-2-1-3-7-13)17-9-5-4-8-15(14)17/h1-10,12,26H,11H2. The van der Waals surface area contributed by atoms with Crippen LogP contribution in [0.5, 0.6) is 0 Å². The van der Waals surface area contributed by atoms with E-state index in [4.69, 9.17) is 5.41 Å². The third-order valence-corrected chi connectivity index (χ3v) is 5.97. The summed E-state index contributed by atoms with van der Waals surface area (Å²) in [5.41, 5.74) is 2.56. The second-order valence-electron chi connectivity index (χ2n) is 7.14. The average molecular weight is 453 g/mol. The zero-order chi connectivity index (χ0) is 22.5. The van der Waals surface area contributed by atoms with Gasteiger partial charge >= 0.3 is 6.18 Å². The molecule has 10 heteroatoms. The van der Waals surface area contributed by atoms with Crippen LogP contribution < -0.4 is 0 Å². The molecule has 3 aromatic rings. The molecule has 1 aromatic heterocycles. The van der Waals surface area contributed by atoms with Gasteiger partial charge in [-0.1, -0.05) is 48.5 Å². The summed E-state index contributed by atoms with van der Waals surface area (Å²) in [6.45, 7) is 0.597. The van der Waals surface area contributed by atoms with Gasteiger partial charge in [0.05, 0.1) is 5.57 Å². The number of amides is 1. The monoisotopic (exact) mass is 453 g/mol. The number of nitrogens with one attached hydrogen (secondary N) is 1. The molecular weight excluding hydrogens is 439 g/mol. The van der Waals surface area contributed by atoms with Gasteiger partial charge in [-0.2, -0.15) is 28.3 Å². The highest BCUT2D eigenvalue weighted by Crippen LogP contribution is 2.35. The highest BCUT2D eigenvalue weighted by Gasteiger charge is 2.46. The minimum atomic E-state index is -4.68. The van der Waals surface area contributed by atoms with Crippen LogP contribution in [0.25, 0.3) is 17.0 Å². The van der Waals surface area contributed by atoms with Crippen LogP contribution in [0.15, 0.2) is 76.5 Å². The zero-order valence-electron chi connectivity index (χ0n) is 16.3. The van der Waals surface area contributed by atoms with Crippen molar-refractivity contribution in [2.24, 2.45) is 10.1 Å². The number of benzene rings is 2. The van der Waals surface area contributed by atoms with Crippen molar-refractivity contribution >= 4 is 50.7 Å². The lowest BCUT2D eigenvalue weighted by molar-refractivity contribution is -0.114. The van der Waals surface area contributed by atoms with Gasteiger partial charge in [-0.05, 0) is 29.5 Å². The number of carbonyl (C=O) groups is 1. The molecule has 0 spiro atoms. The molecule has 5 rings (SSSR count). The first kappa shape index (κ1) is 20.3. The normalized spacial score (nSPS) is 17.7. The van der Waals surface area contributed by atoms with E-state index in [9.17, 15) is 18.0 Å². The number of alkyl halides is 3. The molecule has 1 amide bonds. The largest absolute Gasteiger partial charge is 0.441 e. The van der Waals surface area contributed by atoms with Gasteiger partial charge in [0.25, 0.3) is 5.91 Å². The van der Waals surface area contributed by atoms with Crippen molar-refractivity contribution < 1.29 is 18.0 Å². The maximum atomic E-state index is 13.0. The number of thioether (sulfide) groups is 1. The number of aliphatic imine (C=N–C) groups is 1. The van der Waals surface area contributed by atoms with Crippen LogP contribution in [0.4, 0.5) is 13.2 Å². The molecular formula is C22H14F3N5OS. The van der Waals surface area contributed by atoms with Crippen LogP contribution in [-0.2, 0) is 11.3 Å². The van der Waals surface area contributed by atoms with Gasteiger partial charge in [-0.3, -0.25) is 10.2 Å². The molecule has 0 radical (unpaired) electrons. The van der Waals surface area contributed by atoms with Crippen LogP contribution in [0.2, 0.25) is 0 Å². The minimum Gasteiger partial charge on any atom is -0.342 e. The summed E-state index contributed by atoms with van der Waals surface area (Å²) in [7, 11) is 0. The van der Waals surface area contributed by atoms with Crippen molar-refractivity contribution in [2.45, 2.75) is 12.7 Å². The number of hydrogen-bond donors (Lipinski definition) is 1. The fourth-order valence-corrected chi connectivity index (χ4v) is 4.32. The number of halogens is 3. The Morgan fingerprint density at radius 2 is 1.78 bits per heavy atom. The van der Waals surface area contributed by atoms with Crippen LogP contribution in [-0.4, -0.2) is 37.7 Å². The fraction of sp³-hybridized carbons (Fsp3) is 0.0909. The summed E-state index contributed by atoms with van der Waals surface area (Å²) in [5.74, 6) is -1.21. The second kappa shape index (κ2) is 7.49. The molecule has 0 aliphatic carbocycles. The second-order valence-corrected chi connectivity index (χ2v) is 8.09. The van der Waals surface area contributed by atoms with E-state index in [0.29, 0.717) is 12.1 Å². The number of nitrogens with zero attached hydrogens (tertiary/aromatic N) is 4. The molecule has 0 fully saturated rings. The number of hydrazone groups is 1. The maximum Gasteiger partial charge on any atom is 0.441 e. The van der Waals surface area contributed by atoms with Crippen molar-refractivity contribution in [2.75, 3.05) is 0 Å². The third-order valence-electron chi connectivity index (χ3n) is 5.01. The molecule has 2 aliphatic heterocycles. The number of para-hydroxylation sites is 1. The Balaban J connectivity index is 1.56. The SMILES string of the molecule is N=C1C(=Cc2cn(Cc3ccccc3)c3ccccc23)C(=O)N=C2SC(C(F)(F)F)=NN12. The Kier molecular flexibility index (Phi) is 4.74. The van der Waals surface area contributed by atoms with Crippen LogP contribution in [0, 0.1) is 5.41 Å². The Bertz CT molecular complexity index is 1350. The summed E-state index contributed by atoms with van der Waals surface area (Å²) >= 11 is 0.233. The molecule has 2 aromatic carbocycles. The summed E-state index contributed by atoms with van der Waals surface area (Å²) in [6, 6.07) is 17.4. The highest BCUT2D eigenvalue weighted by atomic mass is 32.2. The van der Waals surface area contributed by atoms with Crippen LogP contribution >= 0.6 is 11.8 Å². The van der Waals surface area contributed by atoms with Crippen molar-refractivity contribution in [3.05, 3.63) is 77.5 Å². The van der Waals surface area contributed by atoms with E-state index >= 15 is 0 Å². The number of hydrogen-bond acceptors (Lipinski definition) is 4. The number of amidine groups is 2. The lowest BCUT2D eigenvalue weighted by Crippen LogP contribution is -2.35. The predicted molar refractivity (Wildman–Crippen MR) is 119 cm³/mol. The average Bonchev–Trinajstić information content (AvgIpc) is 3.34. The predicted octanol–water partition coefficient (Wildman–Crippen LogP) is 4.87. The quantitative estimate of drug-likeness (QED) is 0.575. The maximum absolute atomic E-state index is 13.0. The molecule has 1 N–H and O–H groups in total. The topological polar surface area (TPSA) is 73.8 Å². The van der Waals surface area contributed by atoms with Crippen LogP contribution in [0.3, 0.4) is 0 Å². The van der Waals surface area contributed by atoms with Gasteiger partial charge in [0.2, 0.25) is 10.2 Å². The fourth-order valence-electron chi connectivity index (χ4n) is 3.56. The number of carbonyl (C=O) groups excluding carboxylic acids is 1. The van der Waals surface area contributed by atoms with Crippen molar-refractivity contribution in [1.82, 2.24) is 9.58 Å². The molecule has 0 atom stereocenters. The Morgan fingerprint density at radius 1 is 1.06 bits per heavy atom. The highest BCUT2D eigenvalue weighted by molar-refractivity contribution is 8.27. The van der Waals surface area contributed by atoms with Crippen molar-refractivity contribution in [1.29, 1.82) is 5.41 Å². The first-order valence-corrected chi connectivity index (χ1v) is 10.3. The first-order valence-electron chi connectivity index (χ1n) is 9.50. The molecule has 2 aliphatic rings. The van der Waals surface area contributed by atoms with Crippen molar-refractivity contribution in [3.63, 3.8) is 0 Å². The Hall–Kier alpha value is -3.66. The van der Waals surface area contributed by atoms with Gasteiger partial charge in [0.15, 0.2) is 5.84 Å². The molecule has 0 bridgehead atoms. The number of fused-ring (bicyclic) bond motifs is 2. The molecule has 0 unspecified atom stereocenters. The molecule has 0 saturated carbocycles. The zero-order valence-corrected chi connectivity index (χ0v) is 17.1. The lowest BCUT2D eigenvalue weighted by Gasteiger charge is -2.20. The first-order chi connectivity index (χ1) is 15.3. The van der Waals surface area contributed by atoms with E-state index < -0.39 is 23.0 Å².